The van der Waals surface area contributed by atoms with Gasteiger partial charge in [-0.25, -0.2) is 8.78 Å². The van der Waals surface area contributed by atoms with E-state index in [9.17, 15) is 8.78 Å². The van der Waals surface area contributed by atoms with Crippen LogP contribution in [0, 0.1) is 11.6 Å². The molecule has 0 aromatic heterocycles. The number of benzene rings is 1. The van der Waals surface area contributed by atoms with E-state index in [-0.39, 0.29) is 0 Å². The number of hydrogen-bond acceptors (Lipinski definition) is 1. The molecule has 0 heterocycles. The van der Waals surface area contributed by atoms with E-state index in [1.807, 2.05) is 0 Å². The first-order valence-electron chi connectivity index (χ1n) is 2.88. The lowest BCUT2D eigenvalue weighted by Gasteiger charge is -1.97. The third-order valence-corrected chi connectivity index (χ3v) is 2.74. The Bertz CT molecular complexity index is 252. The zero-order chi connectivity index (χ0) is 8.27. The van der Waals surface area contributed by atoms with E-state index in [0.717, 1.165) is 14.7 Å². The molecule has 0 saturated carbocycles. The van der Waals surface area contributed by atoms with Crippen LogP contribution in [0.25, 0.3) is 0 Å². The first-order valence-corrected chi connectivity index (χ1v) is 5.39. The van der Waals surface area contributed by atoms with Crippen LogP contribution < -0.4 is 0 Å². The number of hydrogen-bond donors (Lipinski definition) is 0. The molecule has 0 aliphatic heterocycles. The highest BCUT2D eigenvalue weighted by atomic mass is 127. The summed E-state index contributed by atoms with van der Waals surface area (Å²) in [6.45, 7) is 0. The lowest BCUT2D eigenvalue weighted by molar-refractivity contribution is 0.506. The van der Waals surface area contributed by atoms with Gasteiger partial charge in [-0.05, 0) is 18.2 Å². The molecule has 0 aliphatic carbocycles. The average molecular weight is 286 g/mol. The zero-order valence-corrected chi connectivity index (χ0v) is 8.46. The summed E-state index contributed by atoms with van der Waals surface area (Å²) in [5.41, 5.74) is 0. The Labute approximate surface area is 81.5 Å². The van der Waals surface area contributed by atoms with Crippen LogP contribution in [-0.4, -0.2) is 3.76 Å². The molecule has 60 valence electrons. The number of rotatable bonds is 2. The van der Waals surface area contributed by atoms with Crippen molar-refractivity contribution in [2.45, 2.75) is 4.90 Å². The van der Waals surface area contributed by atoms with Crippen LogP contribution in [-0.2, 0) is 0 Å². The van der Waals surface area contributed by atoms with Gasteiger partial charge in [0.1, 0.15) is 0 Å². The van der Waals surface area contributed by atoms with Crippen molar-refractivity contribution in [3.05, 3.63) is 29.8 Å². The van der Waals surface area contributed by atoms with Gasteiger partial charge in [0, 0.05) is 4.90 Å². The monoisotopic (exact) mass is 286 g/mol. The predicted molar refractivity (Wildman–Crippen MR) is 51.1 cm³/mol. The van der Waals surface area contributed by atoms with Gasteiger partial charge >= 0.3 is 0 Å². The Morgan fingerprint density at radius 3 is 2.55 bits per heavy atom. The van der Waals surface area contributed by atoms with Crippen molar-refractivity contribution in [3.63, 3.8) is 0 Å². The molecule has 0 nitrogen and oxygen atoms in total. The molecule has 0 amide bonds. The molecule has 1 aromatic carbocycles. The van der Waals surface area contributed by atoms with Gasteiger partial charge in [-0.1, -0.05) is 22.6 Å². The molecule has 0 unspecified atom stereocenters. The minimum absolute atomic E-state index is 0.762. The van der Waals surface area contributed by atoms with Crippen LogP contribution in [0.15, 0.2) is 23.1 Å². The fraction of sp³-hybridized carbons (Fsp3) is 0.143. The molecular formula is C7H5F2IS. The highest BCUT2D eigenvalue weighted by molar-refractivity contribution is 14.1. The van der Waals surface area contributed by atoms with Crippen molar-refractivity contribution < 1.29 is 8.78 Å². The van der Waals surface area contributed by atoms with Gasteiger partial charge in [0.25, 0.3) is 0 Å². The summed E-state index contributed by atoms with van der Waals surface area (Å²) in [5, 5.41) is 0. The first kappa shape index (κ1) is 9.25. The molecule has 0 fully saturated rings. The summed E-state index contributed by atoms with van der Waals surface area (Å²) in [6, 6.07) is 3.92. The SMILES string of the molecule is Fc1ccc(SCI)cc1F. The Kier molecular flexibility index (Phi) is 3.58. The van der Waals surface area contributed by atoms with Gasteiger partial charge in [0.15, 0.2) is 11.6 Å². The second-order valence-corrected chi connectivity index (χ2v) is 4.68. The molecule has 0 N–H and O–H groups in total. The zero-order valence-electron chi connectivity index (χ0n) is 5.48. The topological polar surface area (TPSA) is 0 Å². The van der Waals surface area contributed by atoms with E-state index in [4.69, 9.17) is 0 Å². The van der Waals surface area contributed by atoms with E-state index in [0.29, 0.717) is 0 Å². The standard InChI is InChI=1S/C7H5F2IS/c8-6-2-1-5(11-4-10)3-7(6)9/h1-3H,4H2. The van der Waals surface area contributed by atoms with E-state index in [1.165, 1.54) is 17.8 Å². The van der Waals surface area contributed by atoms with Gasteiger partial charge in [0.2, 0.25) is 0 Å². The number of halogens is 3. The van der Waals surface area contributed by atoms with Gasteiger partial charge < -0.3 is 0 Å². The van der Waals surface area contributed by atoms with Crippen LogP contribution in [0.4, 0.5) is 8.78 Å². The van der Waals surface area contributed by atoms with E-state index < -0.39 is 11.6 Å². The second kappa shape index (κ2) is 4.25. The molecule has 0 spiro atoms. The van der Waals surface area contributed by atoms with Crippen LogP contribution in [0.2, 0.25) is 0 Å². The van der Waals surface area contributed by atoms with Gasteiger partial charge in [-0.2, -0.15) is 0 Å². The number of alkyl halides is 1. The van der Waals surface area contributed by atoms with E-state index in [1.54, 1.807) is 6.07 Å². The van der Waals surface area contributed by atoms with Crippen molar-refractivity contribution in [2.75, 3.05) is 3.76 Å². The molecule has 0 bridgehead atoms. The van der Waals surface area contributed by atoms with E-state index >= 15 is 0 Å². The van der Waals surface area contributed by atoms with Crippen molar-refractivity contribution in [1.82, 2.24) is 0 Å². The maximum absolute atomic E-state index is 12.5. The molecule has 0 saturated heterocycles. The molecule has 4 heteroatoms. The summed E-state index contributed by atoms with van der Waals surface area (Å²) in [6.07, 6.45) is 0. The van der Waals surface area contributed by atoms with Gasteiger partial charge in [-0.15, -0.1) is 11.8 Å². The van der Waals surface area contributed by atoms with Crippen molar-refractivity contribution >= 4 is 34.4 Å². The van der Waals surface area contributed by atoms with E-state index in [2.05, 4.69) is 22.6 Å². The maximum atomic E-state index is 12.5. The Hall–Kier alpha value is 0.160. The predicted octanol–water partition coefficient (Wildman–Crippen LogP) is 3.45. The molecular weight excluding hydrogens is 281 g/mol. The fourth-order valence-corrected chi connectivity index (χ4v) is 2.19. The number of thioether (sulfide) groups is 1. The highest BCUT2D eigenvalue weighted by Crippen LogP contribution is 2.21. The third-order valence-electron chi connectivity index (χ3n) is 1.11. The normalized spacial score (nSPS) is 10.1. The van der Waals surface area contributed by atoms with Gasteiger partial charge in [-0.3, -0.25) is 0 Å². The van der Waals surface area contributed by atoms with Crippen molar-refractivity contribution in [1.29, 1.82) is 0 Å². The molecule has 1 aromatic rings. The molecule has 11 heavy (non-hydrogen) atoms. The summed E-state index contributed by atoms with van der Waals surface area (Å²) >= 11 is 3.64. The minimum Gasteiger partial charge on any atom is -0.204 e. The maximum Gasteiger partial charge on any atom is 0.159 e. The van der Waals surface area contributed by atoms with Crippen LogP contribution in [0.5, 0.6) is 0 Å². The molecule has 0 atom stereocenters. The highest BCUT2D eigenvalue weighted by Gasteiger charge is 2.01. The van der Waals surface area contributed by atoms with Crippen LogP contribution in [0.3, 0.4) is 0 Å². The summed E-state index contributed by atoms with van der Waals surface area (Å²) in [4.78, 5) is 0.762. The molecule has 0 aliphatic rings. The quantitative estimate of drug-likeness (QED) is 0.456. The second-order valence-electron chi connectivity index (χ2n) is 1.83. The molecule has 0 radical (unpaired) electrons. The fourth-order valence-electron chi connectivity index (χ4n) is 0.630. The lowest BCUT2D eigenvalue weighted by atomic mass is 10.3. The molecule has 1 rings (SSSR count). The van der Waals surface area contributed by atoms with Gasteiger partial charge in [0.05, 0.1) is 3.76 Å². The summed E-state index contributed by atoms with van der Waals surface area (Å²) in [7, 11) is 0. The summed E-state index contributed by atoms with van der Waals surface area (Å²) in [5.74, 6) is -1.57. The Morgan fingerprint density at radius 2 is 2.00 bits per heavy atom. The first-order chi connectivity index (χ1) is 5.24. The third kappa shape index (κ3) is 2.59. The van der Waals surface area contributed by atoms with Crippen LogP contribution >= 0.6 is 34.4 Å². The minimum atomic E-state index is -0.789. The Morgan fingerprint density at radius 1 is 1.27 bits per heavy atom. The largest absolute Gasteiger partial charge is 0.204 e. The Balaban J connectivity index is 2.86. The van der Waals surface area contributed by atoms with Crippen LogP contribution in [0.1, 0.15) is 0 Å². The average Bonchev–Trinajstić information content (AvgIpc) is 1.98. The van der Waals surface area contributed by atoms with Crippen molar-refractivity contribution in [2.24, 2.45) is 0 Å². The van der Waals surface area contributed by atoms with Crippen molar-refractivity contribution in [3.8, 4) is 0 Å². The summed E-state index contributed by atoms with van der Waals surface area (Å²) < 4.78 is 25.7. The smallest absolute Gasteiger partial charge is 0.159 e. The lowest BCUT2D eigenvalue weighted by Crippen LogP contribution is -1.82.